The van der Waals surface area contributed by atoms with Crippen molar-refractivity contribution < 1.29 is 0 Å². The highest BCUT2D eigenvalue weighted by Gasteiger charge is 2.18. The molecule has 0 nitrogen and oxygen atoms in total. The van der Waals surface area contributed by atoms with Crippen molar-refractivity contribution in [1.82, 2.24) is 0 Å². The van der Waals surface area contributed by atoms with Gasteiger partial charge in [0, 0.05) is 5.88 Å². The van der Waals surface area contributed by atoms with Crippen molar-refractivity contribution in [2.24, 2.45) is 0 Å². The van der Waals surface area contributed by atoms with E-state index < -0.39 is 7.92 Å². The molecule has 0 aliphatic rings. The third-order valence-electron chi connectivity index (χ3n) is 4.09. The maximum absolute atomic E-state index is 5.87. The van der Waals surface area contributed by atoms with Gasteiger partial charge >= 0.3 is 0 Å². The van der Waals surface area contributed by atoms with Crippen LogP contribution in [-0.2, 0) is 6.42 Å². The lowest BCUT2D eigenvalue weighted by Gasteiger charge is -2.22. The molecule has 2 heteroatoms. The fourth-order valence-corrected chi connectivity index (χ4v) is 5.62. The normalized spacial score (nSPS) is 10.9. The van der Waals surface area contributed by atoms with Crippen LogP contribution in [0, 0.1) is 0 Å². The van der Waals surface area contributed by atoms with E-state index in [0.29, 0.717) is 0 Å². The van der Waals surface area contributed by atoms with E-state index in [2.05, 4.69) is 84.9 Å². The molecule has 0 saturated carbocycles. The van der Waals surface area contributed by atoms with Crippen molar-refractivity contribution in [2.75, 3.05) is 5.88 Å². The molecule has 0 radical (unpaired) electrons. The number of rotatable bonds is 7. The molecule has 0 fully saturated rings. The summed E-state index contributed by atoms with van der Waals surface area (Å²) in [5.41, 5.74) is 1.46. The summed E-state index contributed by atoms with van der Waals surface area (Å²) in [6, 6.07) is 30.7. The Morgan fingerprint density at radius 2 is 1.17 bits per heavy atom. The van der Waals surface area contributed by atoms with Crippen molar-refractivity contribution in [3.63, 3.8) is 0 Å². The quantitative estimate of drug-likeness (QED) is 0.318. The molecule has 0 amide bonds. The van der Waals surface area contributed by atoms with Gasteiger partial charge in [-0.2, -0.15) is 0 Å². The SMILES string of the molecule is ClCCCCc1ccccc1P(c1ccccc1)c1ccccc1. The standard InChI is InChI=1S/C22H22ClP/c23-18-10-9-12-19-11-7-8-17-22(19)24(20-13-3-1-4-14-20)21-15-5-2-6-16-21/h1-8,11,13-17H,9-10,12,18H2. The molecule has 3 aromatic rings. The van der Waals surface area contributed by atoms with Crippen molar-refractivity contribution in [2.45, 2.75) is 19.3 Å². The molecule has 3 rings (SSSR count). The van der Waals surface area contributed by atoms with Gasteiger partial charge < -0.3 is 0 Å². The number of benzene rings is 3. The zero-order valence-corrected chi connectivity index (χ0v) is 15.4. The summed E-state index contributed by atoms with van der Waals surface area (Å²) >= 11 is 5.87. The van der Waals surface area contributed by atoms with Crippen LogP contribution in [0.5, 0.6) is 0 Å². The van der Waals surface area contributed by atoms with Crippen LogP contribution in [0.15, 0.2) is 84.9 Å². The molecule has 122 valence electrons. The highest BCUT2D eigenvalue weighted by Crippen LogP contribution is 2.34. The second-order valence-electron chi connectivity index (χ2n) is 5.78. The van der Waals surface area contributed by atoms with Gasteiger partial charge in [0.05, 0.1) is 0 Å². The Morgan fingerprint density at radius 3 is 1.75 bits per heavy atom. The van der Waals surface area contributed by atoms with E-state index >= 15 is 0 Å². The van der Waals surface area contributed by atoms with E-state index in [1.807, 2.05) is 0 Å². The minimum atomic E-state index is -0.521. The Balaban J connectivity index is 2.04. The summed E-state index contributed by atoms with van der Waals surface area (Å²) in [6.07, 6.45) is 3.32. The lowest BCUT2D eigenvalue weighted by atomic mass is 10.1. The van der Waals surface area contributed by atoms with E-state index in [4.69, 9.17) is 11.6 Å². The van der Waals surface area contributed by atoms with Crippen molar-refractivity contribution in [3.05, 3.63) is 90.5 Å². The Morgan fingerprint density at radius 1 is 0.625 bits per heavy atom. The maximum Gasteiger partial charge on any atom is 0.0223 e. The van der Waals surface area contributed by atoms with Crippen LogP contribution in [0.1, 0.15) is 18.4 Å². The Labute approximate surface area is 151 Å². The van der Waals surface area contributed by atoms with E-state index in [-0.39, 0.29) is 0 Å². The monoisotopic (exact) mass is 352 g/mol. The van der Waals surface area contributed by atoms with E-state index in [9.17, 15) is 0 Å². The smallest absolute Gasteiger partial charge is 0.0223 e. The molecular weight excluding hydrogens is 331 g/mol. The summed E-state index contributed by atoms with van der Waals surface area (Å²) in [4.78, 5) is 0. The van der Waals surface area contributed by atoms with Crippen molar-refractivity contribution in [1.29, 1.82) is 0 Å². The molecule has 0 aliphatic heterocycles. The number of hydrogen-bond acceptors (Lipinski definition) is 0. The summed E-state index contributed by atoms with van der Waals surface area (Å²) < 4.78 is 0. The molecule has 3 aromatic carbocycles. The third-order valence-corrected chi connectivity index (χ3v) is 6.91. The number of unbranched alkanes of at least 4 members (excludes halogenated alkanes) is 1. The molecule has 0 aromatic heterocycles. The number of aryl methyl sites for hydroxylation is 1. The predicted octanol–water partition coefficient (Wildman–Crippen LogP) is 5.01. The van der Waals surface area contributed by atoms with Gasteiger partial charge in [-0.25, -0.2) is 0 Å². The second-order valence-corrected chi connectivity index (χ2v) is 8.34. The third kappa shape index (κ3) is 4.26. The van der Waals surface area contributed by atoms with Crippen LogP contribution in [-0.4, -0.2) is 5.88 Å². The second kappa shape index (κ2) is 9.02. The van der Waals surface area contributed by atoms with Crippen LogP contribution in [0.2, 0.25) is 0 Å². The van der Waals surface area contributed by atoms with Gasteiger partial charge in [-0.3, -0.25) is 0 Å². The van der Waals surface area contributed by atoms with Gasteiger partial charge in [0.1, 0.15) is 0 Å². The molecule has 0 saturated heterocycles. The van der Waals surface area contributed by atoms with Crippen LogP contribution in [0.4, 0.5) is 0 Å². The van der Waals surface area contributed by atoms with Gasteiger partial charge in [-0.05, 0) is 48.7 Å². The lowest BCUT2D eigenvalue weighted by Crippen LogP contribution is -2.23. The van der Waals surface area contributed by atoms with Gasteiger partial charge in [-0.1, -0.05) is 84.9 Å². The fourth-order valence-electron chi connectivity index (χ4n) is 2.93. The average Bonchev–Trinajstić information content (AvgIpc) is 2.65. The average molecular weight is 353 g/mol. The molecule has 0 heterocycles. The summed E-state index contributed by atoms with van der Waals surface area (Å²) in [5.74, 6) is 0.744. The van der Waals surface area contributed by atoms with Gasteiger partial charge in [-0.15, -0.1) is 11.6 Å². The van der Waals surface area contributed by atoms with Gasteiger partial charge in [0.15, 0.2) is 0 Å². The van der Waals surface area contributed by atoms with Crippen LogP contribution in [0.25, 0.3) is 0 Å². The van der Waals surface area contributed by atoms with Crippen LogP contribution in [0.3, 0.4) is 0 Å². The fraction of sp³-hybridized carbons (Fsp3) is 0.182. The highest BCUT2D eigenvalue weighted by atomic mass is 35.5. The summed E-state index contributed by atoms with van der Waals surface area (Å²) in [6.45, 7) is 0. The number of hydrogen-bond donors (Lipinski definition) is 0. The minimum absolute atomic E-state index is 0.521. The first-order valence-corrected chi connectivity index (χ1v) is 10.3. The largest absolute Gasteiger partial charge is 0.127 e. The Bertz CT molecular complexity index is 701. The van der Waals surface area contributed by atoms with E-state index in [1.165, 1.54) is 21.5 Å². The molecule has 0 bridgehead atoms. The minimum Gasteiger partial charge on any atom is -0.127 e. The van der Waals surface area contributed by atoms with Gasteiger partial charge in [0.25, 0.3) is 0 Å². The summed E-state index contributed by atoms with van der Waals surface area (Å²) in [5, 5.41) is 4.28. The molecule has 0 atom stereocenters. The first kappa shape index (κ1) is 17.2. The Hall–Kier alpha value is -1.62. The molecule has 0 unspecified atom stereocenters. The first-order chi connectivity index (χ1) is 11.9. The topological polar surface area (TPSA) is 0 Å². The van der Waals surface area contributed by atoms with Crippen molar-refractivity contribution >= 4 is 35.4 Å². The lowest BCUT2D eigenvalue weighted by molar-refractivity contribution is 0.803. The van der Waals surface area contributed by atoms with Crippen molar-refractivity contribution in [3.8, 4) is 0 Å². The zero-order valence-electron chi connectivity index (χ0n) is 13.7. The molecule has 0 spiro atoms. The zero-order chi connectivity index (χ0) is 16.6. The molecule has 0 N–H and O–H groups in total. The highest BCUT2D eigenvalue weighted by molar-refractivity contribution is 7.79. The van der Waals surface area contributed by atoms with E-state index in [1.54, 1.807) is 0 Å². The molecule has 0 aliphatic carbocycles. The molecular formula is C22H22ClP. The number of halogens is 1. The Kier molecular flexibility index (Phi) is 6.47. The van der Waals surface area contributed by atoms with Crippen LogP contribution < -0.4 is 15.9 Å². The van der Waals surface area contributed by atoms with E-state index in [0.717, 1.165) is 25.1 Å². The first-order valence-electron chi connectivity index (χ1n) is 8.44. The predicted molar refractivity (Wildman–Crippen MR) is 109 cm³/mol. The van der Waals surface area contributed by atoms with Crippen LogP contribution >= 0.6 is 19.5 Å². The maximum atomic E-state index is 5.87. The summed E-state index contributed by atoms with van der Waals surface area (Å²) in [7, 11) is -0.521. The number of alkyl halides is 1. The molecule has 24 heavy (non-hydrogen) atoms. The van der Waals surface area contributed by atoms with Gasteiger partial charge in [0.2, 0.25) is 0 Å².